The molecule has 15 heavy (non-hydrogen) atoms. The van der Waals surface area contributed by atoms with Gasteiger partial charge >= 0.3 is 0 Å². The van der Waals surface area contributed by atoms with E-state index in [1.807, 2.05) is 0 Å². The van der Waals surface area contributed by atoms with Crippen LogP contribution < -0.4 is 5.32 Å². The zero-order valence-corrected chi connectivity index (χ0v) is 10.9. The highest BCUT2D eigenvalue weighted by Gasteiger charge is 2.47. The molecular formula is C14H27N. The average molecular weight is 209 g/mol. The van der Waals surface area contributed by atoms with Crippen LogP contribution in [0.3, 0.4) is 0 Å². The van der Waals surface area contributed by atoms with E-state index in [0.717, 1.165) is 0 Å². The summed E-state index contributed by atoms with van der Waals surface area (Å²) < 4.78 is 0. The van der Waals surface area contributed by atoms with Crippen molar-refractivity contribution in [1.82, 2.24) is 5.32 Å². The monoisotopic (exact) mass is 209 g/mol. The van der Waals surface area contributed by atoms with Crippen LogP contribution in [0.4, 0.5) is 0 Å². The van der Waals surface area contributed by atoms with Gasteiger partial charge in [0.15, 0.2) is 0 Å². The molecule has 1 aliphatic heterocycles. The maximum Gasteiger partial charge on any atom is 0.0191 e. The predicted octanol–water partition coefficient (Wildman–Crippen LogP) is 3.74. The van der Waals surface area contributed by atoms with Crippen molar-refractivity contribution < 1.29 is 0 Å². The molecule has 0 aromatic carbocycles. The molecule has 2 aliphatic rings. The molecule has 88 valence electrons. The van der Waals surface area contributed by atoms with Crippen LogP contribution in [0.5, 0.6) is 0 Å². The van der Waals surface area contributed by atoms with E-state index in [2.05, 4.69) is 33.0 Å². The summed E-state index contributed by atoms with van der Waals surface area (Å²) in [6, 6.07) is 0. The number of nitrogens with one attached hydrogen (secondary N) is 1. The first kappa shape index (κ1) is 11.4. The Labute approximate surface area is 95.0 Å². The minimum Gasteiger partial charge on any atom is -0.311 e. The van der Waals surface area contributed by atoms with Gasteiger partial charge in [0.2, 0.25) is 0 Å². The number of hydrogen-bond acceptors (Lipinski definition) is 1. The van der Waals surface area contributed by atoms with Gasteiger partial charge in [-0.1, -0.05) is 34.1 Å². The summed E-state index contributed by atoms with van der Waals surface area (Å²) in [4.78, 5) is 0. The first-order chi connectivity index (χ1) is 6.83. The Kier molecular flexibility index (Phi) is 2.65. The minimum absolute atomic E-state index is 0.476. The smallest absolute Gasteiger partial charge is 0.0191 e. The third kappa shape index (κ3) is 2.55. The van der Waals surface area contributed by atoms with Crippen LogP contribution in [0.2, 0.25) is 0 Å². The van der Waals surface area contributed by atoms with E-state index in [9.17, 15) is 0 Å². The zero-order chi connectivity index (χ0) is 11.2. The molecule has 0 aromatic heterocycles. The highest BCUT2D eigenvalue weighted by atomic mass is 15.0. The highest BCUT2D eigenvalue weighted by molar-refractivity contribution is 5.03. The first-order valence-corrected chi connectivity index (χ1v) is 6.58. The van der Waals surface area contributed by atoms with Gasteiger partial charge in [0.25, 0.3) is 0 Å². The van der Waals surface area contributed by atoms with E-state index in [0.29, 0.717) is 16.4 Å². The van der Waals surface area contributed by atoms with Crippen molar-refractivity contribution in [2.24, 2.45) is 10.8 Å². The first-order valence-electron chi connectivity index (χ1n) is 6.58. The molecular weight excluding hydrogens is 182 g/mol. The molecule has 1 heteroatoms. The summed E-state index contributed by atoms with van der Waals surface area (Å²) in [5, 5.41) is 3.85. The van der Waals surface area contributed by atoms with Crippen molar-refractivity contribution >= 4 is 0 Å². The third-order valence-corrected chi connectivity index (χ3v) is 4.17. The van der Waals surface area contributed by atoms with Crippen molar-refractivity contribution in [3.63, 3.8) is 0 Å². The molecule has 1 aliphatic carbocycles. The molecule has 1 saturated heterocycles. The second kappa shape index (κ2) is 3.48. The Balaban J connectivity index is 2.18. The summed E-state index contributed by atoms with van der Waals surface area (Å²) in [7, 11) is 0. The molecule has 1 nitrogen and oxygen atoms in total. The Hall–Kier alpha value is -0.0400. The standard InChI is InChI=1S/C14H27N/c1-12(2)9-13(3,4)11-14(10-12)7-5-6-8-15-14/h15H,5-11H2,1-4H3. The maximum atomic E-state index is 3.85. The van der Waals surface area contributed by atoms with Gasteiger partial charge in [0.05, 0.1) is 0 Å². The van der Waals surface area contributed by atoms with E-state index in [1.165, 1.54) is 45.1 Å². The van der Waals surface area contributed by atoms with Crippen LogP contribution in [-0.2, 0) is 0 Å². The van der Waals surface area contributed by atoms with Crippen molar-refractivity contribution in [1.29, 1.82) is 0 Å². The zero-order valence-electron chi connectivity index (χ0n) is 10.9. The van der Waals surface area contributed by atoms with Gasteiger partial charge in [0.1, 0.15) is 0 Å². The largest absolute Gasteiger partial charge is 0.311 e. The fraction of sp³-hybridized carbons (Fsp3) is 1.00. The minimum atomic E-state index is 0.476. The van der Waals surface area contributed by atoms with Crippen molar-refractivity contribution in [2.75, 3.05) is 6.54 Å². The van der Waals surface area contributed by atoms with Gasteiger partial charge in [0, 0.05) is 5.54 Å². The molecule has 1 N–H and O–H groups in total. The van der Waals surface area contributed by atoms with Crippen LogP contribution in [0.1, 0.15) is 66.2 Å². The topological polar surface area (TPSA) is 12.0 Å². The van der Waals surface area contributed by atoms with Crippen LogP contribution in [0.25, 0.3) is 0 Å². The van der Waals surface area contributed by atoms with Crippen molar-refractivity contribution in [2.45, 2.75) is 71.8 Å². The van der Waals surface area contributed by atoms with Crippen molar-refractivity contribution in [3.8, 4) is 0 Å². The summed E-state index contributed by atoms with van der Waals surface area (Å²) in [6.45, 7) is 11.0. The normalized spacial score (nSPS) is 32.8. The van der Waals surface area contributed by atoms with Crippen molar-refractivity contribution in [3.05, 3.63) is 0 Å². The van der Waals surface area contributed by atoms with Crippen LogP contribution in [0, 0.1) is 10.8 Å². The number of piperidine rings is 1. The van der Waals surface area contributed by atoms with E-state index >= 15 is 0 Å². The molecule has 1 saturated carbocycles. The molecule has 0 radical (unpaired) electrons. The highest BCUT2D eigenvalue weighted by Crippen LogP contribution is 2.52. The second-order valence-corrected chi connectivity index (χ2v) is 7.52. The van der Waals surface area contributed by atoms with Crippen LogP contribution in [-0.4, -0.2) is 12.1 Å². The fourth-order valence-electron chi connectivity index (χ4n) is 4.65. The van der Waals surface area contributed by atoms with Crippen LogP contribution >= 0.6 is 0 Å². The molecule has 0 atom stereocenters. The van der Waals surface area contributed by atoms with E-state index in [1.54, 1.807) is 0 Å². The lowest BCUT2D eigenvalue weighted by Gasteiger charge is -2.54. The Morgan fingerprint density at radius 1 is 0.800 bits per heavy atom. The van der Waals surface area contributed by atoms with Gasteiger partial charge in [-0.25, -0.2) is 0 Å². The van der Waals surface area contributed by atoms with Gasteiger partial charge in [-0.05, 0) is 49.5 Å². The summed E-state index contributed by atoms with van der Waals surface area (Å²) in [5.41, 5.74) is 1.52. The predicted molar refractivity (Wildman–Crippen MR) is 66.0 cm³/mol. The molecule has 0 aromatic rings. The lowest BCUT2D eigenvalue weighted by atomic mass is 9.57. The SMILES string of the molecule is CC1(C)CC(C)(C)CC2(CCCCN2)C1. The lowest BCUT2D eigenvalue weighted by molar-refractivity contribution is 0.0144. The van der Waals surface area contributed by atoms with Gasteiger partial charge in [-0.3, -0.25) is 0 Å². The maximum absolute atomic E-state index is 3.85. The lowest BCUT2D eigenvalue weighted by Crippen LogP contribution is -2.56. The fourth-order valence-corrected chi connectivity index (χ4v) is 4.65. The average Bonchev–Trinajstić information content (AvgIpc) is 1.97. The van der Waals surface area contributed by atoms with Gasteiger partial charge < -0.3 is 5.32 Å². The molecule has 2 rings (SSSR count). The molecule has 1 heterocycles. The Morgan fingerprint density at radius 2 is 1.40 bits per heavy atom. The van der Waals surface area contributed by atoms with Crippen LogP contribution in [0.15, 0.2) is 0 Å². The second-order valence-electron chi connectivity index (χ2n) is 7.52. The third-order valence-electron chi connectivity index (χ3n) is 4.17. The summed E-state index contributed by atoms with van der Waals surface area (Å²) in [6.07, 6.45) is 8.35. The summed E-state index contributed by atoms with van der Waals surface area (Å²) >= 11 is 0. The molecule has 0 bridgehead atoms. The molecule has 1 spiro atoms. The Bertz CT molecular complexity index is 216. The molecule has 0 unspecified atom stereocenters. The van der Waals surface area contributed by atoms with E-state index < -0.39 is 0 Å². The molecule has 0 amide bonds. The Morgan fingerprint density at radius 3 is 1.87 bits per heavy atom. The van der Waals surface area contributed by atoms with E-state index in [4.69, 9.17) is 0 Å². The van der Waals surface area contributed by atoms with Gasteiger partial charge in [-0.15, -0.1) is 0 Å². The summed E-state index contributed by atoms with van der Waals surface area (Å²) in [5.74, 6) is 0. The number of rotatable bonds is 0. The molecule has 2 fully saturated rings. The van der Waals surface area contributed by atoms with Gasteiger partial charge in [-0.2, -0.15) is 0 Å². The number of hydrogen-bond donors (Lipinski definition) is 1. The quantitative estimate of drug-likeness (QED) is 0.641. The van der Waals surface area contributed by atoms with E-state index in [-0.39, 0.29) is 0 Å².